The van der Waals surface area contributed by atoms with Crippen molar-refractivity contribution in [2.75, 3.05) is 20.4 Å². The van der Waals surface area contributed by atoms with E-state index >= 15 is 0 Å². The first kappa shape index (κ1) is 25.6. The summed E-state index contributed by atoms with van der Waals surface area (Å²) in [6.07, 6.45) is 5.26. The van der Waals surface area contributed by atoms with Gasteiger partial charge >= 0.3 is 5.97 Å². The van der Waals surface area contributed by atoms with E-state index < -0.39 is 11.6 Å². The lowest BCUT2D eigenvalue weighted by Gasteiger charge is -2.24. The molecule has 0 saturated heterocycles. The number of fused-ring (bicyclic) bond motifs is 1. The van der Waals surface area contributed by atoms with E-state index in [1.807, 2.05) is 69.4 Å². The summed E-state index contributed by atoms with van der Waals surface area (Å²) in [7, 11) is 3.92. The highest BCUT2D eigenvalue weighted by Crippen LogP contribution is 2.32. The van der Waals surface area contributed by atoms with E-state index in [1.54, 1.807) is 17.8 Å². The van der Waals surface area contributed by atoms with Gasteiger partial charge in [0.15, 0.2) is 11.4 Å². The van der Waals surface area contributed by atoms with Crippen LogP contribution in [0.4, 0.5) is 0 Å². The second-order valence-electron chi connectivity index (χ2n) is 9.11. The molecule has 2 aromatic carbocycles. The Morgan fingerprint density at radius 1 is 1.15 bits per heavy atom. The second kappa shape index (κ2) is 10.1. The molecule has 3 rings (SSSR count). The first-order chi connectivity index (χ1) is 15.9. The van der Waals surface area contributed by atoms with E-state index in [4.69, 9.17) is 9.15 Å². The number of furan rings is 1. The molecule has 0 atom stereocenters. The number of thioether (sulfide) groups is 1. The smallest absolute Gasteiger partial charge is 0.347 e. The van der Waals surface area contributed by atoms with E-state index in [1.165, 1.54) is 19.9 Å². The summed E-state index contributed by atoms with van der Waals surface area (Å²) in [5.74, 6) is -0.368. The molecule has 6 nitrogen and oxygen atoms in total. The summed E-state index contributed by atoms with van der Waals surface area (Å²) >= 11 is 1.63. The van der Waals surface area contributed by atoms with Crippen LogP contribution >= 0.6 is 11.8 Å². The first-order valence-corrected chi connectivity index (χ1v) is 12.2. The molecule has 0 amide bonds. The van der Waals surface area contributed by atoms with Crippen molar-refractivity contribution >= 4 is 40.6 Å². The molecule has 7 heteroatoms. The van der Waals surface area contributed by atoms with Gasteiger partial charge in [0.1, 0.15) is 11.3 Å². The minimum Gasteiger partial charge on any atom is -0.478 e. The maximum absolute atomic E-state index is 13.1. The Morgan fingerprint density at radius 3 is 2.35 bits per heavy atom. The van der Waals surface area contributed by atoms with Crippen molar-refractivity contribution in [2.45, 2.75) is 44.7 Å². The molecule has 0 aliphatic carbocycles. The van der Waals surface area contributed by atoms with Gasteiger partial charge in [-0.05, 0) is 101 Å². The Hall–Kier alpha value is -3.03. The normalized spacial score (nSPS) is 12.1. The van der Waals surface area contributed by atoms with E-state index in [2.05, 4.69) is 0 Å². The molecule has 0 unspecified atom stereocenters. The third-order valence-corrected chi connectivity index (χ3v) is 6.21. The minimum atomic E-state index is -1.34. The van der Waals surface area contributed by atoms with Crippen LogP contribution in [0.5, 0.6) is 5.75 Å². The third kappa shape index (κ3) is 5.54. The molecule has 180 valence electrons. The van der Waals surface area contributed by atoms with Gasteiger partial charge in [0.25, 0.3) is 0 Å². The van der Waals surface area contributed by atoms with Gasteiger partial charge in [-0.2, -0.15) is 0 Å². The number of benzene rings is 2. The number of nitrogens with zero attached hydrogens (tertiary/aromatic N) is 1. The van der Waals surface area contributed by atoms with Crippen LogP contribution in [0.2, 0.25) is 0 Å². The van der Waals surface area contributed by atoms with E-state index in [0.717, 1.165) is 32.5 Å². The molecular formula is C27H31NO5S. The Kier molecular flexibility index (Phi) is 7.58. The molecule has 1 heterocycles. The molecule has 1 aromatic heterocycles. The largest absolute Gasteiger partial charge is 0.478 e. The minimum absolute atomic E-state index is 0.207. The summed E-state index contributed by atoms with van der Waals surface area (Å²) in [4.78, 5) is 27.7. The fourth-order valence-corrected chi connectivity index (χ4v) is 4.15. The number of carboxylic acid groups (broad SMARTS) is 1. The molecule has 0 fully saturated rings. The number of carboxylic acids is 1. The van der Waals surface area contributed by atoms with Crippen LogP contribution in [-0.4, -0.2) is 47.7 Å². The summed E-state index contributed by atoms with van der Waals surface area (Å²) < 4.78 is 11.8. The predicted octanol–water partition coefficient (Wildman–Crippen LogP) is 5.97. The van der Waals surface area contributed by atoms with Gasteiger partial charge in [-0.25, -0.2) is 4.79 Å². The highest BCUT2D eigenvalue weighted by atomic mass is 32.2. The fourth-order valence-electron chi connectivity index (χ4n) is 3.72. The monoisotopic (exact) mass is 481 g/mol. The molecule has 34 heavy (non-hydrogen) atoms. The number of aliphatic carboxylic acids is 1. The van der Waals surface area contributed by atoms with E-state index in [9.17, 15) is 14.7 Å². The van der Waals surface area contributed by atoms with Crippen LogP contribution in [0, 0.1) is 13.8 Å². The highest BCUT2D eigenvalue weighted by molar-refractivity contribution is 7.98. The molecule has 0 bridgehead atoms. The van der Waals surface area contributed by atoms with Gasteiger partial charge in [0, 0.05) is 22.4 Å². The summed E-state index contributed by atoms with van der Waals surface area (Å²) in [6, 6.07) is 9.74. The lowest BCUT2D eigenvalue weighted by atomic mass is 10.0. The Bertz CT molecular complexity index is 1250. The number of rotatable bonds is 9. The van der Waals surface area contributed by atoms with Gasteiger partial charge in [0.2, 0.25) is 5.78 Å². The van der Waals surface area contributed by atoms with Crippen LogP contribution < -0.4 is 4.74 Å². The van der Waals surface area contributed by atoms with Crippen molar-refractivity contribution in [2.24, 2.45) is 0 Å². The summed E-state index contributed by atoms with van der Waals surface area (Å²) in [5, 5.41) is 10.3. The number of aryl methyl sites for hydroxylation is 2. The van der Waals surface area contributed by atoms with Crippen LogP contribution in [-0.2, 0) is 11.3 Å². The number of carbonyl (C=O) groups excluding carboxylic acids is 1. The van der Waals surface area contributed by atoms with Crippen molar-refractivity contribution in [1.82, 2.24) is 4.90 Å². The Morgan fingerprint density at radius 2 is 1.79 bits per heavy atom. The summed E-state index contributed by atoms with van der Waals surface area (Å²) in [6.45, 7) is 7.33. The number of ketones is 1. The average Bonchev–Trinajstić information content (AvgIpc) is 3.11. The van der Waals surface area contributed by atoms with Crippen molar-refractivity contribution in [1.29, 1.82) is 0 Å². The summed E-state index contributed by atoms with van der Waals surface area (Å²) in [5.41, 5.74) is 2.64. The lowest BCUT2D eigenvalue weighted by Crippen LogP contribution is -2.38. The SMILES string of the molecule is CSc1ccc2c(CN(C)C)c(C(=O)/C=C/c3cc(C)c(OC(C)(C)C(=O)O)c(C)c3)oc2c1. The maximum atomic E-state index is 13.1. The average molecular weight is 482 g/mol. The number of hydrogen-bond donors (Lipinski definition) is 1. The number of ether oxygens (including phenoxy) is 1. The number of allylic oxidation sites excluding steroid dienone is 1. The maximum Gasteiger partial charge on any atom is 0.347 e. The molecule has 0 aliphatic heterocycles. The van der Waals surface area contributed by atoms with Crippen molar-refractivity contribution in [3.8, 4) is 5.75 Å². The number of hydrogen-bond acceptors (Lipinski definition) is 6. The molecular weight excluding hydrogens is 450 g/mol. The zero-order valence-corrected chi connectivity index (χ0v) is 21.5. The van der Waals surface area contributed by atoms with Gasteiger partial charge in [0.05, 0.1) is 0 Å². The van der Waals surface area contributed by atoms with Gasteiger partial charge in [-0.15, -0.1) is 11.8 Å². The standard InChI is InChI=1S/C27H31NO5S/c1-16-12-18(13-17(2)24(16)33-27(3,4)26(30)31)8-11-22(29)25-21(15-28(5)6)20-10-9-19(34-7)14-23(20)32-25/h8-14H,15H2,1-7H3,(H,30,31)/b11-8+. The first-order valence-electron chi connectivity index (χ1n) is 10.9. The Balaban J connectivity index is 1.93. The van der Waals surface area contributed by atoms with Crippen molar-refractivity contribution in [3.63, 3.8) is 0 Å². The van der Waals surface area contributed by atoms with Crippen molar-refractivity contribution < 1.29 is 23.8 Å². The zero-order valence-electron chi connectivity index (χ0n) is 20.7. The number of carbonyl (C=O) groups is 2. The molecule has 0 radical (unpaired) electrons. The predicted molar refractivity (Wildman–Crippen MR) is 137 cm³/mol. The zero-order chi connectivity index (χ0) is 25.2. The molecule has 0 aliphatic rings. The lowest BCUT2D eigenvalue weighted by molar-refractivity contribution is -0.152. The van der Waals surface area contributed by atoms with Crippen LogP contribution in [0.1, 0.15) is 46.7 Å². The van der Waals surface area contributed by atoms with Crippen LogP contribution in [0.15, 0.2) is 45.7 Å². The van der Waals surface area contributed by atoms with Gasteiger partial charge in [-0.3, -0.25) is 4.79 Å². The molecule has 1 N–H and O–H groups in total. The van der Waals surface area contributed by atoms with Crippen LogP contribution in [0.25, 0.3) is 17.0 Å². The highest BCUT2D eigenvalue weighted by Gasteiger charge is 2.30. The van der Waals surface area contributed by atoms with Crippen LogP contribution in [0.3, 0.4) is 0 Å². The van der Waals surface area contributed by atoms with E-state index in [0.29, 0.717) is 23.6 Å². The second-order valence-corrected chi connectivity index (χ2v) is 9.99. The van der Waals surface area contributed by atoms with Gasteiger partial charge in [-0.1, -0.05) is 6.08 Å². The van der Waals surface area contributed by atoms with Gasteiger partial charge < -0.3 is 19.2 Å². The third-order valence-electron chi connectivity index (χ3n) is 5.48. The van der Waals surface area contributed by atoms with Crippen molar-refractivity contribution in [3.05, 3.63) is 64.4 Å². The Labute approximate surface area is 204 Å². The fraction of sp³-hybridized carbons (Fsp3) is 0.333. The molecule has 0 spiro atoms. The van der Waals surface area contributed by atoms with E-state index in [-0.39, 0.29) is 5.78 Å². The topological polar surface area (TPSA) is 80.0 Å². The molecule has 3 aromatic rings. The quantitative estimate of drug-likeness (QED) is 0.229. The molecule has 0 saturated carbocycles.